The lowest BCUT2D eigenvalue weighted by Crippen LogP contribution is -2.18. The number of non-ortho nitro benzene ring substituents is 1. The molecule has 2 N–H and O–H groups in total. The van der Waals surface area contributed by atoms with E-state index in [2.05, 4.69) is 15.8 Å². The second-order valence-electron chi connectivity index (χ2n) is 7.44. The minimum absolute atomic E-state index is 0.0422. The van der Waals surface area contributed by atoms with Crippen molar-refractivity contribution in [2.24, 2.45) is 5.10 Å². The Balaban J connectivity index is 1.38. The Kier molecular flexibility index (Phi) is 7.45. The standard InChI is InChI=1S/C26H18N4O7/c31-24(17-10-12-21(13-11-17)30(34)35)28-20-7-3-6-18(15-20)25(32)29-27-16-19-5-1-2-8-22(19)37-26(33)23-9-4-14-36-23/h1-16H,(H,28,31)(H,29,32). The van der Waals surface area contributed by atoms with Gasteiger partial charge in [-0.15, -0.1) is 0 Å². The van der Waals surface area contributed by atoms with Crippen LogP contribution in [0.25, 0.3) is 0 Å². The number of rotatable bonds is 8. The number of carbonyl (C=O) groups is 3. The van der Waals surface area contributed by atoms with E-state index < -0.39 is 22.7 Å². The molecule has 11 nitrogen and oxygen atoms in total. The molecule has 0 saturated heterocycles. The molecule has 0 bridgehead atoms. The first kappa shape index (κ1) is 24.5. The normalized spacial score (nSPS) is 10.6. The van der Waals surface area contributed by atoms with Gasteiger partial charge in [-0.1, -0.05) is 18.2 Å². The number of esters is 1. The van der Waals surface area contributed by atoms with Gasteiger partial charge in [0.05, 0.1) is 17.4 Å². The maximum Gasteiger partial charge on any atom is 0.379 e. The largest absolute Gasteiger partial charge is 0.457 e. The summed E-state index contributed by atoms with van der Waals surface area (Å²) in [5.74, 6) is -1.46. The summed E-state index contributed by atoms with van der Waals surface area (Å²) in [7, 11) is 0. The zero-order valence-electron chi connectivity index (χ0n) is 19.0. The fourth-order valence-electron chi connectivity index (χ4n) is 3.13. The van der Waals surface area contributed by atoms with E-state index >= 15 is 0 Å². The third kappa shape index (κ3) is 6.31. The Bertz CT molecular complexity index is 1480. The summed E-state index contributed by atoms with van der Waals surface area (Å²) in [6, 6.07) is 20.9. The molecule has 1 aromatic heterocycles. The van der Waals surface area contributed by atoms with Crippen LogP contribution in [-0.4, -0.2) is 28.9 Å². The average Bonchev–Trinajstić information content (AvgIpc) is 3.45. The number of nitro benzene ring substituents is 1. The minimum Gasteiger partial charge on any atom is -0.457 e. The van der Waals surface area contributed by atoms with Crippen molar-refractivity contribution in [3.8, 4) is 5.75 Å². The number of hydrogen-bond acceptors (Lipinski definition) is 8. The third-order valence-electron chi connectivity index (χ3n) is 4.94. The first-order chi connectivity index (χ1) is 17.9. The van der Waals surface area contributed by atoms with E-state index in [1.165, 1.54) is 54.9 Å². The molecule has 0 spiro atoms. The Morgan fingerprint density at radius 2 is 1.68 bits per heavy atom. The van der Waals surface area contributed by atoms with Gasteiger partial charge in [-0.3, -0.25) is 19.7 Å². The van der Waals surface area contributed by atoms with E-state index in [0.29, 0.717) is 11.3 Å². The zero-order valence-corrected chi connectivity index (χ0v) is 19.0. The van der Waals surface area contributed by atoms with Crippen molar-refractivity contribution in [1.29, 1.82) is 0 Å². The molecule has 11 heteroatoms. The van der Waals surface area contributed by atoms with Gasteiger partial charge in [0.15, 0.2) is 0 Å². The van der Waals surface area contributed by atoms with Crippen molar-refractivity contribution < 1.29 is 28.5 Å². The van der Waals surface area contributed by atoms with Gasteiger partial charge in [0, 0.05) is 34.5 Å². The Morgan fingerprint density at radius 3 is 2.41 bits per heavy atom. The smallest absolute Gasteiger partial charge is 0.379 e. The number of ether oxygens (including phenoxy) is 1. The number of benzene rings is 3. The van der Waals surface area contributed by atoms with Crippen LogP contribution in [0.15, 0.2) is 101 Å². The Morgan fingerprint density at radius 1 is 0.892 bits per heavy atom. The monoisotopic (exact) mass is 498 g/mol. The Labute approximate surface area is 209 Å². The Hall–Kier alpha value is -5.58. The molecule has 0 aliphatic heterocycles. The van der Waals surface area contributed by atoms with Gasteiger partial charge in [0.25, 0.3) is 17.5 Å². The number of hydrogen-bond donors (Lipinski definition) is 2. The van der Waals surface area contributed by atoms with Crippen LogP contribution in [0.1, 0.15) is 36.8 Å². The van der Waals surface area contributed by atoms with Crippen LogP contribution in [0.4, 0.5) is 11.4 Å². The first-order valence-corrected chi connectivity index (χ1v) is 10.7. The van der Waals surface area contributed by atoms with E-state index in [-0.39, 0.29) is 28.3 Å². The highest BCUT2D eigenvalue weighted by atomic mass is 16.6. The molecular weight excluding hydrogens is 480 g/mol. The number of hydrazone groups is 1. The molecule has 37 heavy (non-hydrogen) atoms. The van der Waals surface area contributed by atoms with Crippen LogP contribution < -0.4 is 15.5 Å². The highest BCUT2D eigenvalue weighted by molar-refractivity contribution is 6.05. The van der Waals surface area contributed by atoms with Gasteiger partial charge in [-0.25, -0.2) is 10.2 Å². The van der Waals surface area contributed by atoms with Gasteiger partial charge < -0.3 is 14.5 Å². The summed E-state index contributed by atoms with van der Waals surface area (Å²) in [5, 5.41) is 17.3. The molecular formula is C26H18N4O7. The molecule has 0 saturated carbocycles. The average molecular weight is 498 g/mol. The summed E-state index contributed by atoms with van der Waals surface area (Å²) in [4.78, 5) is 47.4. The summed E-state index contributed by atoms with van der Waals surface area (Å²) in [6.45, 7) is 0. The van der Waals surface area contributed by atoms with Crippen LogP contribution in [0.3, 0.4) is 0 Å². The lowest BCUT2D eigenvalue weighted by molar-refractivity contribution is -0.384. The van der Waals surface area contributed by atoms with E-state index in [4.69, 9.17) is 9.15 Å². The maximum atomic E-state index is 12.6. The molecule has 0 fully saturated rings. The summed E-state index contributed by atoms with van der Waals surface area (Å²) >= 11 is 0. The van der Waals surface area contributed by atoms with Crippen molar-refractivity contribution in [1.82, 2.24) is 5.43 Å². The number of nitrogens with one attached hydrogen (secondary N) is 2. The summed E-state index contributed by atoms with van der Waals surface area (Å²) in [5.41, 5.74) is 3.47. The van der Waals surface area contributed by atoms with E-state index in [1.807, 2.05) is 0 Å². The highest BCUT2D eigenvalue weighted by Crippen LogP contribution is 2.18. The van der Waals surface area contributed by atoms with Crippen molar-refractivity contribution in [2.45, 2.75) is 0 Å². The molecule has 4 rings (SSSR count). The lowest BCUT2D eigenvalue weighted by atomic mass is 10.1. The topological polar surface area (TPSA) is 153 Å². The number of furan rings is 1. The van der Waals surface area contributed by atoms with Crippen LogP contribution in [0.2, 0.25) is 0 Å². The van der Waals surface area contributed by atoms with Crippen LogP contribution in [0, 0.1) is 10.1 Å². The molecule has 2 amide bonds. The number of carbonyl (C=O) groups excluding carboxylic acids is 3. The number of para-hydroxylation sites is 1. The number of nitro groups is 1. The molecule has 3 aromatic carbocycles. The molecule has 4 aromatic rings. The molecule has 0 unspecified atom stereocenters. The second-order valence-corrected chi connectivity index (χ2v) is 7.44. The maximum absolute atomic E-state index is 12.6. The van der Waals surface area contributed by atoms with Crippen molar-refractivity contribution in [2.75, 3.05) is 5.32 Å². The van der Waals surface area contributed by atoms with Gasteiger partial charge >= 0.3 is 5.97 Å². The lowest BCUT2D eigenvalue weighted by Gasteiger charge is -2.07. The summed E-state index contributed by atoms with van der Waals surface area (Å²) in [6.07, 6.45) is 2.68. The third-order valence-corrected chi connectivity index (χ3v) is 4.94. The van der Waals surface area contributed by atoms with E-state index in [1.54, 1.807) is 42.5 Å². The van der Waals surface area contributed by atoms with E-state index in [9.17, 15) is 24.5 Å². The highest BCUT2D eigenvalue weighted by Gasteiger charge is 2.14. The molecule has 0 atom stereocenters. The number of anilines is 1. The van der Waals surface area contributed by atoms with Crippen LogP contribution in [-0.2, 0) is 0 Å². The molecule has 0 aliphatic carbocycles. The van der Waals surface area contributed by atoms with Crippen LogP contribution >= 0.6 is 0 Å². The quantitative estimate of drug-likeness (QED) is 0.120. The SMILES string of the molecule is O=C(NN=Cc1ccccc1OC(=O)c1ccco1)c1cccc(NC(=O)c2ccc([N+](=O)[O-])cc2)c1. The molecule has 184 valence electrons. The van der Waals surface area contributed by atoms with Gasteiger partial charge in [-0.05, 0) is 54.6 Å². The molecule has 1 heterocycles. The fourth-order valence-corrected chi connectivity index (χ4v) is 3.13. The van der Waals surface area contributed by atoms with Crippen molar-refractivity contribution >= 4 is 35.4 Å². The predicted molar refractivity (Wildman–Crippen MR) is 133 cm³/mol. The van der Waals surface area contributed by atoms with E-state index in [0.717, 1.165) is 0 Å². The van der Waals surface area contributed by atoms with Crippen molar-refractivity contribution in [3.63, 3.8) is 0 Å². The van der Waals surface area contributed by atoms with Crippen LogP contribution in [0.5, 0.6) is 5.75 Å². The number of amides is 2. The van der Waals surface area contributed by atoms with Gasteiger partial charge in [0.1, 0.15) is 5.75 Å². The molecule has 0 aliphatic rings. The fraction of sp³-hybridized carbons (Fsp3) is 0. The number of nitrogens with zero attached hydrogens (tertiary/aromatic N) is 2. The van der Waals surface area contributed by atoms with Gasteiger partial charge in [-0.2, -0.15) is 5.10 Å². The van der Waals surface area contributed by atoms with Gasteiger partial charge in [0.2, 0.25) is 5.76 Å². The predicted octanol–water partition coefficient (Wildman–Crippen LogP) is 4.42. The second kappa shape index (κ2) is 11.2. The zero-order chi connectivity index (χ0) is 26.2. The summed E-state index contributed by atoms with van der Waals surface area (Å²) < 4.78 is 10.4. The molecule has 0 radical (unpaired) electrons. The first-order valence-electron chi connectivity index (χ1n) is 10.7. The minimum atomic E-state index is -0.678. The van der Waals surface area contributed by atoms with Crippen molar-refractivity contribution in [3.05, 3.63) is 124 Å².